The number of hydrogen-bond acceptors (Lipinski definition) is 5. The van der Waals surface area contributed by atoms with Crippen molar-refractivity contribution in [1.29, 1.82) is 0 Å². The summed E-state index contributed by atoms with van der Waals surface area (Å²) in [6.07, 6.45) is 0.672. The number of hydrogen-bond donors (Lipinski definition) is 1. The molecular weight excluding hydrogens is 324 g/mol. The lowest BCUT2D eigenvalue weighted by atomic mass is 10.1. The highest BCUT2D eigenvalue weighted by atomic mass is 35.5. The summed E-state index contributed by atoms with van der Waals surface area (Å²) in [4.78, 5) is 8.03. The fourth-order valence-electron chi connectivity index (χ4n) is 2.81. The molecule has 3 nitrogen and oxygen atoms in total. The molecule has 0 bridgehead atoms. The Bertz CT molecular complexity index is 781. The Morgan fingerprint density at radius 3 is 3.10 bits per heavy atom. The van der Waals surface area contributed by atoms with Gasteiger partial charge in [-0.2, -0.15) is 0 Å². The molecule has 21 heavy (non-hydrogen) atoms. The van der Waals surface area contributed by atoms with Crippen molar-refractivity contribution in [3.8, 4) is 0 Å². The van der Waals surface area contributed by atoms with Gasteiger partial charge in [0, 0.05) is 45.1 Å². The van der Waals surface area contributed by atoms with Gasteiger partial charge in [-0.05, 0) is 23.6 Å². The maximum atomic E-state index is 9.35. The van der Waals surface area contributed by atoms with Crippen LogP contribution < -0.4 is 0 Å². The Kier molecular flexibility index (Phi) is 3.46. The number of fused-ring (bicyclic) bond motifs is 2. The van der Waals surface area contributed by atoms with Crippen molar-refractivity contribution in [3.63, 3.8) is 0 Å². The molecular formula is C15H13ClN2OS2. The second kappa shape index (κ2) is 5.32. The van der Waals surface area contributed by atoms with Gasteiger partial charge in [-0.1, -0.05) is 23.4 Å². The maximum absolute atomic E-state index is 9.35. The van der Waals surface area contributed by atoms with Gasteiger partial charge in [-0.15, -0.1) is 11.3 Å². The van der Waals surface area contributed by atoms with Crippen molar-refractivity contribution in [3.05, 3.63) is 39.1 Å². The van der Waals surface area contributed by atoms with E-state index in [0.29, 0.717) is 6.42 Å². The minimum Gasteiger partial charge on any atom is -0.396 e. The molecule has 0 unspecified atom stereocenters. The van der Waals surface area contributed by atoms with Crippen LogP contribution in [0.2, 0.25) is 5.02 Å². The van der Waals surface area contributed by atoms with Crippen molar-refractivity contribution < 1.29 is 5.11 Å². The van der Waals surface area contributed by atoms with Crippen LogP contribution in [0.15, 0.2) is 33.5 Å². The summed E-state index contributed by atoms with van der Waals surface area (Å²) in [5, 5.41) is 14.4. The second-order valence-electron chi connectivity index (χ2n) is 4.92. The lowest BCUT2D eigenvalue weighted by molar-refractivity contribution is 0.301. The molecule has 4 rings (SSSR count). The number of benzene rings is 1. The normalized spacial score (nSPS) is 17.8. The Morgan fingerprint density at radius 1 is 1.33 bits per heavy atom. The first kappa shape index (κ1) is 13.6. The lowest BCUT2D eigenvalue weighted by Gasteiger charge is -2.18. The van der Waals surface area contributed by atoms with Gasteiger partial charge in [-0.3, -0.25) is 4.99 Å². The number of aliphatic hydroxyl groups excluding tert-OH is 1. The van der Waals surface area contributed by atoms with Crippen LogP contribution in [0, 0.1) is 0 Å². The number of aliphatic imine (C=N–C) groups is 1. The van der Waals surface area contributed by atoms with Crippen molar-refractivity contribution in [2.24, 2.45) is 4.99 Å². The van der Waals surface area contributed by atoms with E-state index in [1.807, 2.05) is 6.07 Å². The first-order valence-corrected chi connectivity index (χ1v) is 8.87. The fourth-order valence-corrected chi connectivity index (χ4v) is 5.20. The van der Waals surface area contributed by atoms with Gasteiger partial charge in [0.25, 0.3) is 0 Å². The standard InChI is InChI=1S/C15H13ClN2OS2/c16-11-2-1-10(14-9(11)4-8-20-14)13-12(3-7-19)21-15-17-5-6-18(13)15/h1-2,4,8,19H,3,5-7H2. The van der Waals surface area contributed by atoms with E-state index in [0.717, 1.165) is 28.7 Å². The third-order valence-electron chi connectivity index (χ3n) is 3.71. The van der Waals surface area contributed by atoms with Gasteiger partial charge in [0.1, 0.15) is 0 Å². The van der Waals surface area contributed by atoms with Crippen LogP contribution in [0.25, 0.3) is 15.8 Å². The highest BCUT2D eigenvalue weighted by Crippen LogP contribution is 2.46. The minimum absolute atomic E-state index is 0.161. The van der Waals surface area contributed by atoms with Gasteiger partial charge < -0.3 is 10.0 Å². The number of nitrogens with zero attached hydrogens (tertiary/aromatic N) is 2. The molecule has 3 heterocycles. The summed E-state index contributed by atoms with van der Waals surface area (Å²) in [6.45, 7) is 1.93. The largest absolute Gasteiger partial charge is 0.396 e. The van der Waals surface area contributed by atoms with E-state index < -0.39 is 0 Å². The Labute approximate surface area is 135 Å². The SMILES string of the molecule is OCCC1=C(c2ccc(Cl)c3ccsc23)N2CCN=C2S1. The molecule has 0 fully saturated rings. The van der Waals surface area contributed by atoms with Gasteiger partial charge in [0.2, 0.25) is 0 Å². The first-order chi connectivity index (χ1) is 10.3. The third-order valence-corrected chi connectivity index (χ3v) is 6.16. The van der Waals surface area contributed by atoms with Crippen LogP contribution in [-0.4, -0.2) is 34.9 Å². The monoisotopic (exact) mass is 336 g/mol. The van der Waals surface area contributed by atoms with Crippen LogP contribution in [-0.2, 0) is 0 Å². The summed E-state index contributed by atoms with van der Waals surface area (Å²) >= 11 is 9.70. The van der Waals surface area contributed by atoms with E-state index in [1.54, 1.807) is 23.1 Å². The maximum Gasteiger partial charge on any atom is 0.168 e. The van der Waals surface area contributed by atoms with Crippen LogP contribution in [0.1, 0.15) is 12.0 Å². The number of amidine groups is 1. The minimum atomic E-state index is 0.161. The van der Waals surface area contributed by atoms with Gasteiger partial charge >= 0.3 is 0 Å². The van der Waals surface area contributed by atoms with Crippen LogP contribution >= 0.6 is 34.7 Å². The summed E-state index contributed by atoms with van der Waals surface area (Å²) in [6, 6.07) is 6.13. The summed E-state index contributed by atoms with van der Waals surface area (Å²) in [7, 11) is 0. The molecule has 2 aromatic rings. The summed E-state index contributed by atoms with van der Waals surface area (Å²) in [5.74, 6) is 0. The Hall–Kier alpha value is -1.01. The molecule has 0 saturated carbocycles. The number of rotatable bonds is 3. The topological polar surface area (TPSA) is 35.8 Å². The molecule has 2 aliphatic rings. The van der Waals surface area contributed by atoms with Crippen LogP contribution in [0.4, 0.5) is 0 Å². The highest BCUT2D eigenvalue weighted by Gasteiger charge is 2.33. The number of halogens is 1. The zero-order chi connectivity index (χ0) is 14.4. The molecule has 0 radical (unpaired) electrons. The Morgan fingerprint density at radius 2 is 2.24 bits per heavy atom. The third kappa shape index (κ3) is 2.11. The molecule has 1 aromatic carbocycles. The van der Waals surface area contributed by atoms with Gasteiger partial charge in [0.15, 0.2) is 5.17 Å². The zero-order valence-corrected chi connectivity index (χ0v) is 13.6. The molecule has 6 heteroatoms. The van der Waals surface area contributed by atoms with Crippen molar-refractivity contribution >= 4 is 55.7 Å². The molecule has 0 saturated heterocycles. The molecule has 0 spiro atoms. The van der Waals surface area contributed by atoms with Gasteiger partial charge in [-0.25, -0.2) is 0 Å². The van der Waals surface area contributed by atoms with Crippen LogP contribution in [0.3, 0.4) is 0 Å². The Balaban J connectivity index is 1.92. The van der Waals surface area contributed by atoms with E-state index in [-0.39, 0.29) is 6.61 Å². The highest BCUT2D eigenvalue weighted by molar-refractivity contribution is 8.17. The number of thioether (sulfide) groups is 1. The first-order valence-electron chi connectivity index (χ1n) is 6.79. The van der Waals surface area contributed by atoms with E-state index in [4.69, 9.17) is 11.6 Å². The van der Waals surface area contributed by atoms with E-state index >= 15 is 0 Å². The van der Waals surface area contributed by atoms with E-state index in [1.165, 1.54) is 20.9 Å². The van der Waals surface area contributed by atoms with Crippen molar-refractivity contribution in [2.75, 3.05) is 19.7 Å². The molecule has 1 N–H and O–H groups in total. The summed E-state index contributed by atoms with van der Waals surface area (Å²) < 4.78 is 1.21. The summed E-state index contributed by atoms with van der Waals surface area (Å²) in [5.41, 5.74) is 2.40. The lowest BCUT2D eigenvalue weighted by Crippen LogP contribution is -2.20. The number of thiophene rings is 1. The predicted molar refractivity (Wildman–Crippen MR) is 92.1 cm³/mol. The van der Waals surface area contributed by atoms with Crippen LogP contribution in [0.5, 0.6) is 0 Å². The number of aliphatic hydroxyl groups is 1. The van der Waals surface area contributed by atoms with E-state index in [2.05, 4.69) is 27.4 Å². The molecule has 2 aliphatic heterocycles. The zero-order valence-electron chi connectivity index (χ0n) is 11.2. The second-order valence-corrected chi connectivity index (χ2v) is 7.31. The fraction of sp³-hybridized carbons (Fsp3) is 0.267. The average Bonchev–Trinajstić information content (AvgIpc) is 3.15. The molecule has 0 aliphatic carbocycles. The van der Waals surface area contributed by atoms with Gasteiger partial charge in [0.05, 0.1) is 12.2 Å². The van der Waals surface area contributed by atoms with Crippen molar-refractivity contribution in [2.45, 2.75) is 6.42 Å². The molecule has 0 amide bonds. The smallest absolute Gasteiger partial charge is 0.168 e. The molecule has 1 aromatic heterocycles. The molecule has 108 valence electrons. The predicted octanol–water partition coefficient (Wildman–Crippen LogP) is 4.02. The van der Waals surface area contributed by atoms with Crippen molar-refractivity contribution in [1.82, 2.24) is 4.90 Å². The molecule has 0 atom stereocenters. The quantitative estimate of drug-likeness (QED) is 0.919. The van der Waals surface area contributed by atoms with E-state index in [9.17, 15) is 5.11 Å². The average molecular weight is 337 g/mol.